The molecular weight excluding hydrogens is 322 g/mol. The lowest BCUT2D eigenvalue weighted by Crippen LogP contribution is -2.45. The lowest BCUT2D eigenvalue weighted by atomic mass is 10.2. The van der Waals surface area contributed by atoms with Gasteiger partial charge in [-0.05, 0) is 45.7 Å². The summed E-state index contributed by atoms with van der Waals surface area (Å²) in [5.41, 5.74) is 0.680. The van der Waals surface area contributed by atoms with Crippen molar-refractivity contribution in [3.05, 3.63) is 30.2 Å². The number of pyridine rings is 1. The zero-order chi connectivity index (χ0) is 18.0. The van der Waals surface area contributed by atoms with Crippen LogP contribution in [0.2, 0.25) is 0 Å². The first-order chi connectivity index (χ1) is 11.8. The number of rotatable bonds is 3. The predicted molar refractivity (Wildman–Crippen MR) is 91.3 cm³/mol. The summed E-state index contributed by atoms with van der Waals surface area (Å²) in [7, 11) is 0. The van der Waals surface area contributed by atoms with Crippen LogP contribution in [0.15, 0.2) is 24.7 Å². The third kappa shape index (κ3) is 4.07. The van der Waals surface area contributed by atoms with Gasteiger partial charge in [-0.3, -0.25) is 9.20 Å². The zero-order valence-corrected chi connectivity index (χ0v) is 14.7. The minimum Gasteiger partial charge on any atom is -0.444 e. The van der Waals surface area contributed by atoms with Crippen molar-refractivity contribution >= 4 is 17.6 Å². The van der Waals surface area contributed by atoms with Crippen molar-refractivity contribution < 1.29 is 14.3 Å². The molecule has 1 fully saturated rings. The number of ether oxygens (including phenoxy) is 1. The molecule has 0 aromatic carbocycles. The van der Waals surface area contributed by atoms with E-state index in [-0.39, 0.29) is 18.0 Å². The van der Waals surface area contributed by atoms with Crippen molar-refractivity contribution in [2.24, 2.45) is 0 Å². The highest BCUT2D eigenvalue weighted by molar-refractivity contribution is 5.94. The highest BCUT2D eigenvalue weighted by Gasteiger charge is 2.32. The van der Waals surface area contributed by atoms with Crippen LogP contribution in [-0.2, 0) is 4.74 Å². The van der Waals surface area contributed by atoms with Gasteiger partial charge in [0, 0.05) is 19.3 Å². The summed E-state index contributed by atoms with van der Waals surface area (Å²) in [4.78, 5) is 26.4. The van der Waals surface area contributed by atoms with Crippen molar-refractivity contribution in [1.29, 1.82) is 0 Å². The molecule has 1 saturated heterocycles. The van der Waals surface area contributed by atoms with Gasteiger partial charge < -0.3 is 15.0 Å². The van der Waals surface area contributed by atoms with E-state index >= 15 is 0 Å². The molecule has 1 aliphatic rings. The molecule has 1 N–H and O–H groups in total. The average Bonchev–Trinajstić information content (AvgIpc) is 3.18. The van der Waals surface area contributed by atoms with E-state index in [0.29, 0.717) is 24.3 Å². The number of amides is 2. The third-order valence-corrected chi connectivity index (χ3v) is 4.06. The normalized spacial score (nSPS) is 17.7. The Kier molecular flexibility index (Phi) is 4.61. The van der Waals surface area contributed by atoms with Gasteiger partial charge in [-0.25, -0.2) is 4.79 Å². The van der Waals surface area contributed by atoms with Gasteiger partial charge >= 0.3 is 6.09 Å². The summed E-state index contributed by atoms with van der Waals surface area (Å²) in [5.74, 6) is -0.188. The lowest BCUT2D eigenvalue weighted by molar-refractivity contribution is 0.0225. The molecule has 0 unspecified atom stereocenters. The van der Waals surface area contributed by atoms with E-state index < -0.39 is 5.60 Å². The Morgan fingerprint density at radius 1 is 1.36 bits per heavy atom. The monoisotopic (exact) mass is 345 g/mol. The predicted octanol–water partition coefficient (Wildman–Crippen LogP) is 1.86. The molecule has 1 aliphatic heterocycles. The van der Waals surface area contributed by atoms with Crippen molar-refractivity contribution in [1.82, 2.24) is 24.8 Å². The Balaban J connectivity index is 1.59. The van der Waals surface area contributed by atoms with Crippen LogP contribution in [0.5, 0.6) is 0 Å². The van der Waals surface area contributed by atoms with Crippen LogP contribution in [0, 0.1) is 0 Å². The number of nitrogens with zero attached hydrogens (tertiary/aromatic N) is 4. The second kappa shape index (κ2) is 6.70. The van der Waals surface area contributed by atoms with E-state index in [9.17, 15) is 9.59 Å². The number of hydrogen-bond donors (Lipinski definition) is 1. The fourth-order valence-electron chi connectivity index (χ4n) is 2.88. The summed E-state index contributed by atoms with van der Waals surface area (Å²) in [6, 6.07) is 3.40. The van der Waals surface area contributed by atoms with Crippen LogP contribution in [-0.4, -0.2) is 56.2 Å². The summed E-state index contributed by atoms with van der Waals surface area (Å²) in [6.45, 7) is 6.59. The molecule has 3 rings (SSSR count). The van der Waals surface area contributed by atoms with E-state index in [1.54, 1.807) is 34.0 Å². The van der Waals surface area contributed by atoms with Gasteiger partial charge in [0.15, 0.2) is 5.65 Å². The molecule has 0 aliphatic carbocycles. The van der Waals surface area contributed by atoms with Crippen LogP contribution >= 0.6 is 0 Å². The molecule has 1 atom stereocenters. The van der Waals surface area contributed by atoms with E-state index in [1.807, 2.05) is 20.8 Å². The number of likely N-dealkylation sites (tertiary alicyclic amines) is 1. The van der Waals surface area contributed by atoms with Crippen LogP contribution in [0.4, 0.5) is 4.79 Å². The molecule has 0 bridgehead atoms. The first-order valence-corrected chi connectivity index (χ1v) is 8.41. The minimum atomic E-state index is -0.526. The molecule has 134 valence electrons. The molecule has 2 aromatic rings. The van der Waals surface area contributed by atoms with Crippen LogP contribution in [0.3, 0.4) is 0 Å². The molecular formula is C17H23N5O3. The third-order valence-electron chi connectivity index (χ3n) is 4.06. The Morgan fingerprint density at radius 2 is 2.16 bits per heavy atom. The van der Waals surface area contributed by atoms with Gasteiger partial charge in [-0.1, -0.05) is 0 Å². The van der Waals surface area contributed by atoms with E-state index in [2.05, 4.69) is 15.5 Å². The second-order valence-electron chi connectivity index (χ2n) is 7.19. The molecule has 8 heteroatoms. The standard InChI is InChI=1S/C17H23N5O3/c1-17(2,3)25-16(24)22-8-4-5-13(22)9-18-15(23)12-6-7-14-20-19-11-21(14)10-12/h6-7,10-11,13H,4-5,8-9H2,1-3H3,(H,18,23)/t13-/m0/s1. The van der Waals surface area contributed by atoms with Crippen LogP contribution in [0.1, 0.15) is 44.0 Å². The van der Waals surface area contributed by atoms with E-state index in [4.69, 9.17) is 4.74 Å². The van der Waals surface area contributed by atoms with Crippen LogP contribution < -0.4 is 5.32 Å². The van der Waals surface area contributed by atoms with Gasteiger partial charge in [0.1, 0.15) is 11.9 Å². The molecule has 3 heterocycles. The molecule has 0 spiro atoms. The molecule has 25 heavy (non-hydrogen) atoms. The van der Waals surface area contributed by atoms with Gasteiger partial charge in [-0.15, -0.1) is 10.2 Å². The van der Waals surface area contributed by atoms with Crippen molar-refractivity contribution in [2.45, 2.75) is 45.3 Å². The highest BCUT2D eigenvalue weighted by atomic mass is 16.6. The summed E-state index contributed by atoms with van der Waals surface area (Å²) in [6.07, 6.45) is 4.67. The minimum absolute atomic E-state index is 0.0440. The van der Waals surface area contributed by atoms with Crippen molar-refractivity contribution in [2.75, 3.05) is 13.1 Å². The summed E-state index contributed by atoms with van der Waals surface area (Å²) in [5, 5.41) is 10.6. The topological polar surface area (TPSA) is 88.8 Å². The number of fused-ring (bicyclic) bond motifs is 1. The number of carbonyl (C=O) groups is 2. The molecule has 2 aromatic heterocycles. The maximum Gasteiger partial charge on any atom is 0.410 e. The molecule has 8 nitrogen and oxygen atoms in total. The number of aromatic nitrogens is 3. The Morgan fingerprint density at radius 3 is 2.92 bits per heavy atom. The second-order valence-corrected chi connectivity index (χ2v) is 7.19. The van der Waals surface area contributed by atoms with Crippen LogP contribution in [0.25, 0.3) is 5.65 Å². The summed E-state index contributed by atoms with van der Waals surface area (Å²) >= 11 is 0. The van der Waals surface area contributed by atoms with Crippen molar-refractivity contribution in [3.63, 3.8) is 0 Å². The fraction of sp³-hybridized carbons (Fsp3) is 0.529. The molecule has 0 radical (unpaired) electrons. The summed E-state index contributed by atoms with van der Waals surface area (Å²) < 4.78 is 7.13. The van der Waals surface area contributed by atoms with E-state index in [1.165, 1.54) is 0 Å². The van der Waals surface area contributed by atoms with Gasteiger partial charge in [0.05, 0.1) is 11.6 Å². The number of carbonyl (C=O) groups excluding carboxylic acids is 2. The smallest absolute Gasteiger partial charge is 0.410 e. The molecule has 2 amide bonds. The SMILES string of the molecule is CC(C)(C)OC(=O)N1CCC[C@H]1CNC(=O)c1ccc2nncn2c1. The first kappa shape index (κ1) is 17.2. The average molecular weight is 345 g/mol. The van der Waals surface area contributed by atoms with Gasteiger partial charge in [-0.2, -0.15) is 0 Å². The molecule has 0 saturated carbocycles. The Hall–Kier alpha value is -2.64. The van der Waals surface area contributed by atoms with Gasteiger partial charge in [0.25, 0.3) is 5.91 Å². The number of nitrogens with one attached hydrogen (secondary N) is 1. The van der Waals surface area contributed by atoms with Gasteiger partial charge in [0.2, 0.25) is 0 Å². The maximum absolute atomic E-state index is 12.4. The highest BCUT2D eigenvalue weighted by Crippen LogP contribution is 2.20. The Bertz CT molecular complexity index is 780. The maximum atomic E-state index is 12.4. The lowest BCUT2D eigenvalue weighted by Gasteiger charge is -2.28. The Labute approximate surface area is 146 Å². The fourth-order valence-corrected chi connectivity index (χ4v) is 2.88. The zero-order valence-electron chi connectivity index (χ0n) is 14.7. The number of hydrogen-bond acceptors (Lipinski definition) is 5. The van der Waals surface area contributed by atoms with Crippen molar-refractivity contribution in [3.8, 4) is 0 Å². The largest absolute Gasteiger partial charge is 0.444 e. The first-order valence-electron chi connectivity index (χ1n) is 8.41. The quantitative estimate of drug-likeness (QED) is 0.917. The van der Waals surface area contributed by atoms with E-state index in [0.717, 1.165) is 12.8 Å².